The van der Waals surface area contributed by atoms with Crippen LogP contribution in [0.3, 0.4) is 0 Å². The van der Waals surface area contributed by atoms with Crippen LogP contribution in [0.1, 0.15) is 62.7 Å². The summed E-state index contributed by atoms with van der Waals surface area (Å²) in [6.07, 6.45) is 2.96. The number of aryl methyl sites for hydroxylation is 2. The van der Waals surface area contributed by atoms with Crippen molar-refractivity contribution in [1.29, 1.82) is 0 Å². The highest BCUT2D eigenvalue weighted by molar-refractivity contribution is 7.09. The Morgan fingerprint density at radius 3 is 2.54 bits per heavy atom. The number of rotatable bonds is 8. The molecule has 8 nitrogen and oxygen atoms in total. The summed E-state index contributed by atoms with van der Waals surface area (Å²) in [5.41, 5.74) is 1.52. The van der Waals surface area contributed by atoms with Gasteiger partial charge in [-0.3, -0.25) is 4.79 Å². The number of nitrogens with one attached hydrogen (secondary N) is 1. The van der Waals surface area contributed by atoms with Crippen LogP contribution in [0.2, 0.25) is 0 Å². The number of nitrogens with zero attached hydrogens (tertiary/aromatic N) is 1. The quantitative estimate of drug-likeness (QED) is 0.192. The maximum absolute atomic E-state index is 13.5. The van der Waals surface area contributed by atoms with Gasteiger partial charge in [0.1, 0.15) is 23.2 Å². The molecule has 0 aliphatic heterocycles. The SMILES string of the molecule is CCCCc1cc2c(=O)c(-c3csc(C)n3)coc2cc1OC(=O)[C@H](NC(=O)OC(C)(C)C)c1ccccc1. The van der Waals surface area contributed by atoms with Gasteiger partial charge in [-0.25, -0.2) is 14.6 Å². The molecule has 0 saturated carbocycles. The summed E-state index contributed by atoms with van der Waals surface area (Å²) in [7, 11) is 0. The van der Waals surface area contributed by atoms with Crippen molar-refractivity contribution in [2.45, 2.75) is 65.5 Å². The van der Waals surface area contributed by atoms with Crippen molar-refractivity contribution >= 4 is 34.4 Å². The first-order chi connectivity index (χ1) is 18.6. The van der Waals surface area contributed by atoms with E-state index in [2.05, 4.69) is 17.2 Å². The number of ether oxygens (including phenoxy) is 2. The summed E-state index contributed by atoms with van der Waals surface area (Å²) in [6.45, 7) is 9.16. The third-order valence-corrected chi connectivity index (χ3v) is 6.66. The van der Waals surface area contributed by atoms with E-state index in [1.54, 1.807) is 57.2 Å². The average Bonchev–Trinajstić information content (AvgIpc) is 3.31. The molecular formula is C30H32N2O6S. The third-order valence-electron chi connectivity index (χ3n) is 5.89. The predicted molar refractivity (Wildman–Crippen MR) is 151 cm³/mol. The first-order valence-electron chi connectivity index (χ1n) is 12.8. The second kappa shape index (κ2) is 11.8. The molecule has 39 heavy (non-hydrogen) atoms. The van der Waals surface area contributed by atoms with Crippen LogP contribution in [0.15, 0.2) is 63.3 Å². The number of hydrogen-bond acceptors (Lipinski definition) is 8. The number of carbonyl (C=O) groups excluding carboxylic acids is 2. The van der Waals surface area contributed by atoms with Crippen LogP contribution in [-0.4, -0.2) is 22.6 Å². The summed E-state index contributed by atoms with van der Waals surface area (Å²) in [6, 6.07) is 11.0. The normalized spacial score (nSPS) is 12.2. The Labute approximate surface area is 231 Å². The van der Waals surface area contributed by atoms with Crippen molar-refractivity contribution in [2.75, 3.05) is 0 Å². The van der Waals surface area contributed by atoms with E-state index in [4.69, 9.17) is 13.9 Å². The topological polar surface area (TPSA) is 108 Å². The van der Waals surface area contributed by atoms with Crippen molar-refractivity contribution in [3.63, 3.8) is 0 Å². The third kappa shape index (κ3) is 6.92. The molecule has 0 unspecified atom stereocenters. The first-order valence-corrected chi connectivity index (χ1v) is 13.7. The maximum atomic E-state index is 13.5. The highest BCUT2D eigenvalue weighted by Crippen LogP contribution is 2.30. The van der Waals surface area contributed by atoms with E-state index in [9.17, 15) is 14.4 Å². The van der Waals surface area contributed by atoms with E-state index in [1.165, 1.54) is 17.6 Å². The summed E-state index contributed by atoms with van der Waals surface area (Å²) in [5, 5.41) is 5.69. The van der Waals surface area contributed by atoms with Gasteiger partial charge in [0, 0.05) is 11.4 Å². The second-order valence-electron chi connectivity index (χ2n) is 10.2. The average molecular weight is 549 g/mol. The Balaban J connectivity index is 1.71. The van der Waals surface area contributed by atoms with Gasteiger partial charge in [0.15, 0.2) is 6.04 Å². The molecule has 0 spiro atoms. The standard InChI is InChI=1S/C30H32N2O6S/c1-6-7-11-20-14-21-25(36-16-22(27(21)33)23-17-39-18(2)31-23)15-24(20)37-28(34)26(19-12-9-8-10-13-19)32-29(35)38-30(3,4)5/h8-10,12-17,26H,6-7,11H2,1-5H3,(H,32,35)/t26-/m1/s1. The zero-order valence-corrected chi connectivity index (χ0v) is 23.5. The second-order valence-corrected chi connectivity index (χ2v) is 11.3. The molecule has 0 aliphatic rings. The molecule has 4 rings (SSSR count). The Kier molecular flexibility index (Phi) is 8.50. The minimum Gasteiger partial charge on any atom is -0.463 e. The van der Waals surface area contributed by atoms with Gasteiger partial charge in [-0.15, -0.1) is 11.3 Å². The Morgan fingerprint density at radius 1 is 1.15 bits per heavy atom. The van der Waals surface area contributed by atoms with Crippen LogP contribution in [0.4, 0.5) is 4.79 Å². The molecule has 9 heteroatoms. The van der Waals surface area contributed by atoms with E-state index in [1.807, 2.05) is 18.4 Å². The molecule has 1 amide bonds. The Morgan fingerprint density at radius 2 is 1.90 bits per heavy atom. The molecule has 204 valence electrons. The van der Waals surface area contributed by atoms with E-state index >= 15 is 0 Å². The van der Waals surface area contributed by atoms with Crippen LogP contribution in [-0.2, 0) is 16.0 Å². The molecule has 0 saturated heterocycles. The van der Waals surface area contributed by atoms with Gasteiger partial charge >= 0.3 is 12.1 Å². The molecule has 1 atom stereocenters. The van der Waals surface area contributed by atoms with Crippen molar-refractivity contribution in [3.8, 4) is 17.0 Å². The zero-order valence-electron chi connectivity index (χ0n) is 22.7. The molecule has 1 N–H and O–H groups in total. The number of benzene rings is 2. The number of carbonyl (C=O) groups is 2. The number of amides is 1. The number of thiazole rings is 1. The first kappa shape index (κ1) is 28.0. The van der Waals surface area contributed by atoms with Crippen molar-refractivity contribution in [3.05, 3.63) is 80.5 Å². The van der Waals surface area contributed by atoms with E-state index in [-0.39, 0.29) is 16.8 Å². The molecule has 2 heterocycles. The van der Waals surface area contributed by atoms with Crippen LogP contribution in [0, 0.1) is 6.92 Å². The zero-order chi connectivity index (χ0) is 28.2. The molecule has 0 fully saturated rings. The lowest BCUT2D eigenvalue weighted by Crippen LogP contribution is -2.39. The number of fused-ring (bicyclic) bond motifs is 1. The lowest BCUT2D eigenvalue weighted by Gasteiger charge is -2.23. The fourth-order valence-corrected chi connectivity index (χ4v) is 4.65. The van der Waals surface area contributed by atoms with Gasteiger partial charge in [0.25, 0.3) is 0 Å². The minimum absolute atomic E-state index is 0.203. The van der Waals surface area contributed by atoms with Crippen LogP contribution >= 0.6 is 11.3 Å². The molecular weight excluding hydrogens is 516 g/mol. The summed E-state index contributed by atoms with van der Waals surface area (Å²) >= 11 is 1.46. The lowest BCUT2D eigenvalue weighted by atomic mass is 10.0. The van der Waals surface area contributed by atoms with Crippen LogP contribution in [0.25, 0.3) is 22.2 Å². The van der Waals surface area contributed by atoms with Gasteiger partial charge in [0.2, 0.25) is 5.43 Å². The van der Waals surface area contributed by atoms with Gasteiger partial charge in [-0.1, -0.05) is 43.7 Å². The number of unbranched alkanes of at least 4 members (excludes halogenated alkanes) is 1. The summed E-state index contributed by atoms with van der Waals surface area (Å²) in [5.74, 6) is -0.422. The molecule has 2 aromatic heterocycles. The lowest BCUT2D eigenvalue weighted by molar-refractivity contribution is -0.137. The summed E-state index contributed by atoms with van der Waals surface area (Å²) < 4.78 is 17.1. The van der Waals surface area contributed by atoms with E-state index in [0.717, 1.165) is 17.8 Å². The molecule has 0 aliphatic carbocycles. The highest BCUT2D eigenvalue weighted by atomic mass is 32.1. The molecule has 0 radical (unpaired) electrons. The predicted octanol–water partition coefficient (Wildman–Crippen LogP) is 6.74. The smallest absolute Gasteiger partial charge is 0.408 e. The number of aromatic nitrogens is 1. The number of esters is 1. The molecule has 2 aromatic carbocycles. The Bertz CT molecular complexity index is 1530. The van der Waals surface area contributed by atoms with Crippen molar-refractivity contribution < 1.29 is 23.5 Å². The monoisotopic (exact) mass is 548 g/mol. The van der Waals surface area contributed by atoms with Crippen molar-refractivity contribution in [2.24, 2.45) is 0 Å². The van der Waals surface area contributed by atoms with Gasteiger partial charge in [-0.05, 0) is 57.7 Å². The minimum atomic E-state index is -1.11. The highest BCUT2D eigenvalue weighted by Gasteiger charge is 2.28. The molecule has 0 bridgehead atoms. The fourth-order valence-electron chi connectivity index (χ4n) is 4.04. The summed E-state index contributed by atoms with van der Waals surface area (Å²) in [4.78, 5) is 43.8. The van der Waals surface area contributed by atoms with E-state index < -0.39 is 23.7 Å². The van der Waals surface area contributed by atoms with Gasteiger partial charge in [0.05, 0.1) is 21.7 Å². The van der Waals surface area contributed by atoms with Crippen LogP contribution < -0.4 is 15.5 Å². The van der Waals surface area contributed by atoms with E-state index in [0.29, 0.717) is 34.2 Å². The van der Waals surface area contributed by atoms with Gasteiger partial charge < -0.3 is 19.2 Å². The molecule has 4 aromatic rings. The van der Waals surface area contributed by atoms with Crippen LogP contribution in [0.5, 0.6) is 5.75 Å². The number of hydrogen-bond donors (Lipinski definition) is 1. The largest absolute Gasteiger partial charge is 0.463 e. The fraction of sp³-hybridized carbons (Fsp3) is 0.333. The van der Waals surface area contributed by atoms with Crippen molar-refractivity contribution in [1.82, 2.24) is 10.3 Å². The van der Waals surface area contributed by atoms with Gasteiger partial charge in [-0.2, -0.15) is 0 Å². The maximum Gasteiger partial charge on any atom is 0.408 e. The Hall–Kier alpha value is -3.98. The number of alkyl carbamates (subject to hydrolysis) is 1.